The van der Waals surface area contributed by atoms with Crippen LogP contribution in [-0.2, 0) is 15.7 Å². The molecule has 0 unspecified atom stereocenters. The van der Waals surface area contributed by atoms with Crippen LogP contribution in [0.4, 0.5) is 4.39 Å². The highest BCUT2D eigenvalue weighted by molar-refractivity contribution is 8.15. The summed E-state index contributed by atoms with van der Waals surface area (Å²) >= 11 is 0.999. The second-order valence-corrected chi connectivity index (χ2v) is 9.00. The monoisotopic (exact) mass is 397 g/mol. The van der Waals surface area contributed by atoms with Crippen molar-refractivity contribution in [2.45, 2.75) is 17.7 Å². The predicted molar refractivity (Wildman–Crippen MR) is 96.1 cm³/mol. The number of hydrogen-bond acceptors (Lipinski definition) is 5. The summed E-state index contributed by atoms with van der Waals surface area (Å²) in [5.74, 6) is 0.204. The van der Waals surface area contributed by atoms with E-state index in [0.717, 1.165) is 11.3 Å². The summed E-state index contributed by atoms with van der Waals surface area (Å²) < 4.78 is 42.4. The molecule has 3 aromatic rings. The maximum absolute atomic E-state index is 13.6. The summed E-state index contributed by atoms with van der Waals surface area (Å²) in [5, 5.41) is 0.521. The van der Waals surface area contributed by atoms with E-state index >= 15 is 0 Å². The molecular formula is C17H13ClFNO3S2. The highest BCUT2D eigenvalue weighted by Crippen LogP contribution is 2.34. The number of rotatable bonds is 5. The van der Waals surface area contributed by atoms with Gasteiger partial charge in [-0.3, -0.25) is 0 Å². The van der Waals surface area contributed by atoms with Crippen molar-refractivity contribution in [3.05, 3.63) is 65.6 Å². The van der Waals surface area contributed by atoms with E-state index in [1.54, 1.807) is 49.4 Å². The van der Waals surface area contributed by atoms with Crippen molar-refractivity contribution in [1.29, 1.82) is 0 Å². The van der Waals surface area contributed by atoms with Crippen LogP contribution in [0.15, 0.2) is 52.7 Å². The van der Waals surface area contributed by atoms with Gasteiger partial charge in [0.1, 0.15) is 23.2 Å². The summed E-state index contributed by atoms with van der Waals surface area (Å²) in [6.45, 7) is 1.68. The van der Waals surface area contributed by atoms with Crippen LogP contribution in [0.2, 0.25) is 0 Å². The Kier molecular flexibility index (Phi) is 5.08. The lowest BCUT2D eigenvalue weighted by Crippen LogP contribution is -1.98. The van der Waals surface area contributed by atoms with E-state index in [1.165, 1.54) is 6.07 Å². The maximum Gasteiger partial charge on any atom is 0.272 e. The van der Waals surface area contributed by atoms with Crippen molar-refractivity contribution in [3.63, 3.8) is 0 Å². The molecule has 0 N–H and O–H groups in total. The van der Waals surface area contributed by atoms with Gasteiger partial charge in [-0.2, -0.15) is 0 Å². The van der Waals surface area contributed by atoms with Gasteiger partial charge >= 0.3 is 0 Å². The number of nitrogens with zero attached hydrogens (tertiary/aromatic N) is 1. The van der Waals surface area contributed by atoms with Crippen LogP contribution in [0, 0.1) is 12.7 Å². The molecule has 8 heteroatoms. The Morgan fingerprint density at radius 3 is 2.64 bits per heavy atom. The van der Waals surface area contributed by atoms with Crippen LogP contribution in [0.1, 0.15) is 11.3 Å². The lowest BCUT2D eigenvalue weighted by molar-refractivity contribution is 0.300. The average Bonchev–Trinajstić information content (AvgIpc) is 2.97. The molecule has 0 saturated heterocycles. The Hall–Kier alpha value is -1.96. The van der Waals surface area contributed by atoms with Crippen LogP contribution in [0.25, 0.3) is 10.6 Å². The van der Waals surface area contributed by atoms with Gasteiger partial charge in [0.15, 0.2) is 4.21 Å². The van der Waals surface area contributed by atoms with Crippen molar-refractivity contribution < 1.29 is 17.5 Å². The Labute approximate surface area is 153 Å². The number of aromatic nitrogens is 1. The van der Waals surface area contributed by atoms with Crippen LogP contribution in [0.3, 0.4) is 0 Å². The minimum Gasteiger partial charge on any atom is -0.489 e. The van der Waals surface area contributed by atoms with Crippen molar-refractivity contribution in [1.82, 2.24) is 4.98 Å². The molecule has 0 amide bonds. The molecule has 3 rings (SSSR count). The van der Waals surface area contributed by atoms with Gasteiger partial charge in [0.25, 0.3) is 9.05 Å². The highest BCUT2D eigenvalue weighted by atomic mass is 35.7. The quantitative estimate of drug-likeness (QED) is 0.582. The number of halogens is 2. The van der Waals surface area contributed by atoms with Gasteiger partial charge < -0.3 is 4.74 Å². The van der Waals surface area contributed by atoms with Gasteiger partial charge in [0.05, 0.1) is 5.69 Å². The third-order valence-electron chi connectivity index (χ3n) is 3.41. The first-order chi connectivity index (χ1) is 11.8. The molecule has 0 saturated carbocycles. The Morgan fingerprint density at radius 1 is 1.20 bits per heavy atom. The van der Waals surface area contributed by atoms with E-state index < -0.39 is 9.05 Å². The Bertz CT molecular complexity index is 1020. The van der Waals surface area contributed by atoms with Gasteiger partial charge in [0, 0.05) is 21.8 Å². The smallest absolute Gasteiger partial charge is 0.272 e. The Morgan fingerprint density at radius 2 is 1.96 bits per heavy atom. The molecule has 0 bridgehead atoms. The fourth-order valence-corrected chi connectivity index (χ4v) is 4.68. The first kappa shape index (κ1) is 17.8. The molecule has 0 aliphatic carbocycles. The van der Waals surface area contributed by atoms with E-state index in [0.29, 0.717) is 27.6 Å². The molecule has 1 aromatic heterocycles. The van der Waals surface area contributed by atoms with E-state index in [9.17, 15) is 12.8 Å². The zero-order chi connectivity index (χ0) is 18.0. The predicted octanol–water partition coefficient (Wildman–Crippen LogP) is 4.76. The number of thiazole rings is 1. The standard InChI is InChI=1S/C17H13ClFNO3S2/c1-11-17(25(18,21)22)24-16(20-11)12-6-4-7-14(9-12)23-10-13-5-2-3-8-15(13)19/h2-9H,10H2,1H3. The molecule has 0 atom stereocenters. The molecule has 2 aromatic carbocycles. The normalized spacial score (nSPS) is 11.5. The first-order valence-electron chi connectivity index (χ1n) is 7.23. The zero-order valence-electron chi connectivity index (χ0n) is 13.1. The molecule has 0 aliphatic heterocycles. The van der Waals surface area contributed by atoms with Gasteiger partial charge in [-0.15, -0.1) is 11.3 Å². The van der Waals surface area contributed by atoms with Crippen molar-refractivity contribution in [2.75, 3.05) is 0 Å². The highest BCUT2D eigenvalue weighted by Gasteiger charge is 2.20. The van der Waals surface area contributed by atoms with Gasteiger partial charge in [-0.25, -0.2) is 17.8 Å². The second-order valence-electron chi connectivity index (χ2n) is 5.24. The van der Waals surface area contributed by atoms with Crippen LogP contribution in [-0.4, -0.2) is 13.4 Å². The lowest BCUT2D eigenvalue weighted by atomic mass is 10.2. The van der Waals surface area contributed by atoms with Crippen LogP contribution >= 0.6 is 22.0 Å². The lowest BCUT2D eigenvalue weighted by Gasteiger charge is -2.08. The van der Waals surface area contributed by atoms with E-state index in [4.69, 9.17) is 15.4 Å². The summed E-state index contributed by atoms with van der Waals surface area (Å²) in [7, 11) is 1.58. The van der Waals surface area contributed by atoms with E-state index in [1.807, 2.05) is 0 Å². The molecular weight excluding hydrogens is 385 g/mol. The minimum atomic E-state index is -3.83. The second kappa shape index (κ2) is 7.11. The largest absolute Gasteiger partial charge is 0.489 e. The number of hydrogen-bond donors (Lipinski definition) is 0. The van der Waals surface area contributed by atoms with Gasteiger partial charge in [-0.1, -0.05) is 30.3 Å². The fraction of sp³-hybridized carbons (Fsp3) is 0.118. The first-order valence-corrected chi connectivity index (χ1v) is 10.4. The minimum absolute atomic E-state index is 0.0295. The number of aryl methyl sites for hydroxylation is 1. The molecule has 0 radical (unpaired) electrons. The summed E-state index contributed by atoms with van der Waals surface area (Å²) in [5.41, 5.74) is 1.51. The number of benzene rings is 2. The van der Waals surface area contributed by atoms with Crippen molar-refractivity contribution >= 4 is 31.1 Å². The summed E-state index contributed by atoms with van der Waals surface area (Å²) in [6, 6.07) is 13.4. The van der Waals surface area contributed by atoms with Gasteiger partial charge in [0.2, 0.25) is 0 Å². The third-order valence-corrected chi connectivity index (χ3v) is 6.79. The van der Waals surface area contributed by atoms with Crippen LogP contribution in [0.5, 0.6) is 5.75 Å². The van der Waals surface area contributed by atoms with Crippen molar-refractivity contribution in [3.8, 4) is 16.3 Å². The molecule has 130 valence electrons. The zero-order valence-corrected chi connectivity index (χ0v) is 15.5. The summed E-state index contributed by atoms with van der Waals surface area (Å²) in [6.07, 6.45) is 0. The molecule has 25 heavy (non-hydrogen) atoms. The SMILES string of the molecule is Cc1nc(-c2cccc(OCc3ccccc3F)c2)sc1S(=O)(=O)Cl. The molecule has 0 spiro atoms. The fourth-order valence-electron chi connectivity index (χ4n) is 2.23. The molecule has 0 aliphatic rings. The van der Waals surface area contributed by atoms with Crippen LogP contribution < -0.4 is 4.74 Å². The van der Waals surface area contributed by atoms with E-state index in [2.05, 4.69) is 4.98 Å². The van der Waals surface area contributed by atoms with Gasteiger partial charge in [-0.05, 0) is 25.1 Å². The summed E-state index contributed by atoms with van der Waals surface area (Å²) in [4.78, 5) is 4.26. The Balaban J connectivity index is 1.84. The number of ether oxygens (including phenoxy) is 1. The maximum atomic E-state index is 13.6. The third kappa shape index (κ3) is 4.18. The average molecular weight is 398 g/mol. The molecule has 0 fully saturated rings. The molecule has 1 heterocycles. The van der Waals surface area contributed by atoms with E-state index in [-0.39, 0.29) is 16.6 Å². The topological polar surface area (TPSA) is 56.3 Å². The van der Waals surface area contributed by atoms with Crippen molar-refractivity contribution in [2.24, 2.45) is 0 Å². The molecule has 4 nitrogen and oxygen atoms in total.